The molecule has 2 unspecified atom stereocenters. The molecule has 1 aliphatic heterocycles. The van der Waals surface area contributed by atoms with Gasteiger partial charge in [0.2, 0.25) is 0 Å². The molecule has 1 saturated heterocycles. The minimum Gasteiger partial charge on any atom is -0.481 e. The SMILES string of the molecule is CC(CC(=O)O)CC(N)C1CCOCC1. The second-order valence-electron chi connectivity index (χ2n) is 4.55. The Morgan fingerprint density at radius 3 is 2.67 bits per heavy atom. The number of carboxylic acids is 1. The van der Waals surface area contributed by atoms with E-state index in [2.05, 4.69) is 0 Å². The third-order valence-electron chi connectivity index (χ3n) is 3.07. The monoisotopic (exact) mass is 215 g/mol. The summed E-state index contributed by atoms with van der Waals surface area (Å²) in [6.45, 7) is 3.55. The molecule has 1 heterocycles. The lowest BCUT2D eigenvalue weighted by atomic mass is 9.86. The molecule has 1 fully saturated rings. The average molecular weight is 215 g/mol. The highest BCUT2D eigenvalue weighted by Crippen LogP contribution is 2.22. The van der Waals surface area contributed by atoms with E-state index in [9.17, 15) is 4.79 Å². The van der Waals surface area contributed by atoms with Crippen LogP contribution in [0.15, 0.2) is 0 Å². The van der Waals surface area contributed by atoms with Crippen molar-refractivity contribution in [3.63, 3.8) is 0 Å². The maximum atomic E-state index is 10.5. The summed E-state index contributed by atoms with van der Waals surface area (Å²) in [6, 6.07) is 0.128. The van der Waals surface area contributed by atoms with Crippen LogP contribution in [0.4, 0.5) is 0 Å². The van der Waals surface area contributed by atoms with Crippen LogP contribution in [0.3, 0.4) is 0 Å². The van der Waals surface area contributed by atoms with Crippen LogP contribution in [0.5, 0.6) is 0 Å². The van der Waals surface area contributed by atoms with Gasteiger partial charge in [-0.15, -0.1) is 0 Å². The Labute approximate surface area is 90.8 Å². The maximum absolute atomic E-state index is 10.5. The molecular formula is C11H21NO3. The summed E-state index contributed by atoms with van der Waals surface area (Å²) in [7, 11) is 0. The minimum absolute atomic E-state index is 0.128. The van der Waals surface area contributed by atoms with Crippen molar-refractivity contribution >= 4 is 5.97 Å². The van der Waals surface area contributed by atoms with Crippen molar-refractivity contribution in [2.24, 2.45) is 17.6 Å². The number of aliphatic carboxylic acids is 1. The van der Waals surface area contributed by atoms with Gasteiger partial charge in [0.05, 0.1) is 0 Å². The topological polar surface area (TPSA) is 72.5 Å². The molecule has 15 heavy (non-hydrogen) atoms. The van der Waals surface area contributed by atoms with Gasteiger partial charge in [0.25, 0.3) is 0 Å². The first-order valence-electron chi connectivity index (χ1n) is 5.64. The van der Waals surface area contributed by atoms with Gasteiger partial charge in [0.1, 0.15) is 0 Å². The van der Waals surface area contributed by atoms with Crippen molar-refractivity contribution in [1.82, 2.24) is 0 Å². The number of nitrogens with two attached hydrogens (primary N) is 1. The first-order valence-corrected chi connectivity index (χ1v) is 5.64. The fraction of sp³-hybridized carbons (Fsp3) is 0.909. The van der Waals surface area contributed by atoms with Crippen LogP contribution in [-0.2, 0) is 9.53 Å². The number of rotatable bonds is 5. The van der Waals surface area contributed by atoms with Crippen molar-refractivity contribution in [3.8, 4) is 0 Å². The van der Waals surface area contributed by atoms with Gasteiger partial charge in [-0.3, -0.25) is 4.79 Å². The second-order valence-corrected chi connectivity index (χ2v) is 4.55. The van der Waals surface area contributed by atoms with Crippen LogP contribution in [0.1, 0.15) is 32.6 Å². The summed E-state index contributed by atoms with van der Waals surface area (Å²) in [5.41, 5.74) is 6.08. The van der Waals surface area contributed by atoms with E-state index in [0.29, 0.717) is 5.92 Å². The molecule has 0 aromatic rings. The minimum atomic E-state index is -0.735. The van der Waals surface area contributed by atoms with Gasteiger partial charge in [-0.25, -0.2) is 0 Å². The molecule has 0 aromatic carbocycles. The molecule has 0 saturated carbocycles. The summed E-state index contributed by atoms with van der Waals surface area (Å²) in [5.74, 6) is -0.0583. The lowest BCUT2D eigenvalue weighted by molar-refractivity contribution is -0.138. The highest BCUT2D eigenvalue weighted by Gasteiger charge is 2.23. The van der Waals surface area contributed by atoms with E-state index in [-0.39, 0.29) is 18.4 Å². The standard InChI is InChI=1S/C11H21NO3/c1-8(7-11(13)14)6-10(12)9-2-4-15-5-3-9/h8-10H,2-7,12H2,1H3,(H,13,14). The van der Waals surface area contributed by atoms with Crippen LogP contribution in [0.25, 0.3) is 0 Å². The number of ether oxygens (including phenoxy) is 1. The molecule has 0 aromatic heterocycles. The molecule has 0 radical (unpaired) electrons. The van der Waals surface area contributed by atoms with Crippen molar-refractivity contribution < 1.29 is 14.6 Å². The number of carbonyl (C=O) groups is 1. The highest BCUT2D eigenvalue weighted by molar-refractivity contribution is 5.66. The first-order chi connectivity index (χ1) is 7.09. The van der Waals surface area contributed by atoms with Gasteiger partial charge >= 0.3 is 5.97 Å². The fourth-order valence-electron chi connectivity index (χ4n) is 2.18. The van der Waals surface area contributed by atoms with Crippen molar-refractivity contribution in [1.29, 1.82) is 0 Å². The lowest BCUT2D eigenvalue weighted by Crippen LogP contribution is -2.35. The molecule has 2 atom stereocenters. The molecule has 88 valence electrons. The van der Waals surface area contributed by atoms with Crippen LogP contribution in [0, 0.1) is 11.8 Å². The summed E-state index contributed by atoms with van der Waals surface area (Å²) in [4.78, 5) is 10.5. The average Bonchev–Trinajstić information content (AvgIpc) is 2.17. The Balaban J connectivity index is 2.26. The maximum Gasteiger partial charge on any atom is 0.303 e. The van der Waals surface area contributed by atoms with Gasteiger partial charge in [0.15, 0.2) is 0 Å². The van der Waals surface area contributed by atoms with E-state index >= 15 is 0 Å². The molecule has 1 aliphatic rings. The van der Waals surface area contributed by atoms with E-state index in [1.807, 2.05) is 6.92 Å². The third-order valence-corrected chi connectivity index (χ3v) is 3.07. The predicted molar refractivity (Wildman–Crippen MR) is 57.6 cm³/mol. The van der Waals surface area contributed by atoms with Gasteiger partial charge in [-0.05, 0) is 31.1 Å². The second kappa shape index (κ2) is 6.08. The van der Waals surface area contributed by atoms with Crippen LogP contribution in [-0.4, -0.2) is 30.3 Å². The van der Waals surface area contributed by atoms with Crippen LogP contribution >= 0.6 is 0 Å². The molecular weight excluding hydrogens is 194 g/mol. The Bertz CT molecular complexity index is 202. The molecule has 1 rings (SSSR count). The Hall–Kier alpha value is -0.610. The molecule has 0 amide bonds. The Morgan fingerprint density at radius 2 is 2.13 bits per heavy atom. The zero-order valence-electron chi connectivity index (χ0n) is 9.32. The van der Waals surface area contributed by atoms with E-state index in [1.54, 1.807) is 0 Å². The Morgan fingerprint density at radius 1 is 1.53 bits per heavy atom. The largest absolute Gasteiger partial charge is 0.481 e. The molecule has 4 heteroatoms. The number of hydrogen-bond acceptors (Lipinski definition) is 3. The third kappa shape index (κ3) is 4.62. The van der Waals surface area contributed by atoms with E-state index < -0.39 is 5.97 Å². The predicted octanol–water partition coefficient (Wildman–Crippen LogP) is 1.24. The van der Waals surface area contributed by atoms with Crippen molar-refractivity contribution in [3.05, 3.63) is 0 Å². The lowest BCUT2D eigenvalue weighted by Gasteiger charge is -2.29. The van der Waals surface area contributed by atoms with E-state index in [0.717, 1.165) is 32.5 Å². The zero-order chi connectivity index (χ0) is 11.3. The normalized spacial score (nSPS) is 22.3. The highest BCUT2D eigenvalue weighted by atomic mass is 16.5. The van der Waals surface area contributed by atoms with Crippen molar-refractivity contribution in [2.45, 2.75) is 38.6 Å². The zero-order valence-corrected chi connectivity index (χ0v) is 9.32. The van der Waals surface area contributed by atoms with Gasteiger partial charge in [-0.1, -0.05) is 6.92 Å². The van der Waals surface area contributed by atoms with Gasteiger partial charge < -0.3 is 15.6 Å². The fourth-order valence-corrected chi connectivity index (χ4v) is 2.18. The molecule has 4 nitrogen and oxygen atoms in total. The smallest absolute Gasteiger partial charge is 0.303 e. The molecule has 0 aliphatic carbocycles. The summed E-state index contributed by atoms with van der Waals surface area (Å²) < 4.78 is 5.27. The molecule has 0 bridgehead atoms. The molecule has 3 N–H and O–H groups in total. The number of hydrogen-bond donors (Lipinski definition) is 2. The van der Waals surface area contributed by atoms with E-state index in [1.165, 1.54) is 0 Å². The quantitative estimate of drug-likeness (QED) is 0.723. The van der Waals surface area contributed by atoms with Crippen LogP contribution in [0.2, 0.25) is 0 Å². The molecule has 0 spiro atoms. The Kier molecular flexibility index (Phi) is 5.05. The first kappa shape index (κ1) is 12.5. The van der Waals surface area contributed by atoms with Crippen LogP contribution < -0.4 is 5.73 Å². The summed E-state index contributed by atoms with van der Waals surface area (Å²) in [5, 5.41) is 8.65. The number of carboxylic acid groups (broad SMARTS) is 1. The summed E-state index contributed by atoms with van der Waals surface area (Å²) >= 11 is 0. The van der Waals surface area contributed by atoms with Crippen molar-refractivity contribution in [2.75, 3.05) is 13.2 Å². The van der Waals surface area contributed by atoms with Gasteiger partial charge in [0, 0.05) is 25.7 Å². The van der Waals surface area contributed by atoms with Gasteiger partial charge in [-0.2, -0.15) is 0 Å². The van der Waals surface area contributed by atoms with E-state index in [4.69, 9.17) is 15.6 Å². The summed E-state index contributed by atoms with van der Waals surface area (Å²) in [6.07, 6.45) is 3.05.